The van der Waals surface area contributed by atoms with Gasteiger partial charge in [-0.15, -0.1) is 0 Å². The van der Waals surface area contributed by atoms with Crippen LogP contribution in [0.1, 0.15) is 37.4 Å². The van der Waals surface area contributed by atoms with Gasteiger partial charge in [0, 0.05) is 6.04 Å². The minimum Gasteiger partial charge on any atom is -0.491 e. The minimum absolute atomic E-state index is 0.0361. The van der Waals surface area contributed by atoms with E-state index in [1.807, 2.05) is 39.0 Å². The Kier molecular flexibility index (Phi) is 4.77. The summed E-state index contributed by atoms with van der Waals surface area (Å²) in [6.07, 6.45) is 0.309. The van der Waals surface area contributed by atoms with Crippen molar-refractivity contribution in [3.05, 3.63) is 29.3 Å². The van der Waals surface area contributed by atoms with Crippen molar-refractivity contribution >= 4 is 0 Å². The van der Waals surface area contributed by atoms with Gasteiger partial charge in [-0.25, -0.2) is 0 Å². The van der Waals surface area contributed by atoms with Gasteiger partial charge >= 0.3 is 0 Å². The predicted octanol–water partition coefficient (Wildman–Crippen LogP) is 2.16. The molecule has 16 heavy (non-hydrogen) atoms. The first-order valence-corrected chi connectivity index (χ1v) is 5.71. The summed E-state index contributed by atoms with van der Waals surface area (Å²) in [5.41, 5.74) is 7.95. The number of hydrogen-bond acceptors (Lipinski definition) is 3. The normalized spacial score (nSPS) is 14.6. The molecule has 0 heterocycles. The highest BCUT2D eigenvalue weighted by molar-refractivity contribution is 5.37. The fourth-order valence-electron chi connectivity index (χ4n) is 1.42. The van der Waals surface area contributed by atoms with E-state index in [2.05, 4.69) is 0 Å². The third-order valence-corrected chi connectivity index (χ3v) is 2.63. The maximum atomic E-state index is 9.41. The molecule has 0 aliphatic carbocycles. The number of nitrogens with two attached hydrogens (primary N) is 1. The van der Waals surface area contributed by atoms with Crippen LogP contribution >= 0.6 is 0 Å². The molecule has 1 unspecified atom stereocenters. The highest BCUT2D eigenvalue weighted by Crippen LogP contribution is 2.22. The second-order valence-electron chi connectivity index (χ2n) is 4.19. The summed E-state index contributed by atoms with van der Waals surface area (Å²) in [5, 5.41) is 9.41. The molecule has 0 fully saturated rings. The molecule has 0 aromatic heterocycles. The van der Waals surface area contributed by atoms with Crippen molar-refractivity contribution in [2.75, 3.05) is 6.61 Å². The summed E-state index contributed by atoms with van der Waals surface area (Å²) in [6.45, 7) is 6.21. The van der Waals surface area contributed by atoms with Crippen molar-refractivity contribution in [2.45, 2.75) is 39.3 Å². The maximum Gasteiger partial charge on any atom is 0.122 e. The predicted molar refractivity (Wildman–Crippen MR) is 65.6 cm³/mol. The summed E-state index contributed by atoms with van der Waals surface area (Å²) in [5.74, 6) is 0.817. The van der Waals surface area contributed by atoms with Crippen LogP contribution in [0.3, 0.4) is 0 Å². The Bertz CT molecular complexity index is 337. The van der Waals surface area contributed by atoms with Gasteiger partial charge in [0.15, 0.2) is 0 Å². The smallest absolute Gasteiger partial charge is 0.122 e. The first kappa shape index (κ1) is 13.0. The van der Waals surface area contributed by atoms with E-state index in [0.717, 1.165) is 16.9 Å². The van der Waals surface area contributed by atoms with Gasteiger partial charge in [-0.2, -0.15) is 0 Å². The lowest BCUT2D eigenvalue weighted by molar-refractivity contribution is 0.104. The molecule has 0 saturated carbocycles. The first-order valence-electron chi connectivity index (χ1n) is 5.71. The van der Waals surface area contributed by atoms with Crippen molar-refractivity contribution in [2.24, 2.45) is 5.73 Å². The number of rotatable bonds is 5. The van der Waals surface area contributed by atoms with E-state index in [-0.39, 0.29) is 6.04 Å². The van der Waals surface area contributed by atoms with Gasteiger partial charge in [-0.05, 0) is 37.5 Å². The number of ether oxygens (including phenoxy) is 1. The zero-order valence-corrected chi connectivity index (χ0v) is 10.2. The number of hydrogen-bond donors (Lipinski definition) is 2. The Morgan fingerprint density at radius 2 is 2.12 bits per heavy atom. The average molecular weight is 223 g/mol. The van der Waals surface area contributed by atoms with Crippen LogP contribution in [0.4, 0.5) is 0 Å². The summed E-state index contributed by atoms with van der Waals surface area (Å²) >= 11 is 0. The van der Waals surface area contributed by atoms with Crippen LogP contribution in [0.25, 0.3) is 0 Å². The van der Waals surface area contributed by atoms with Crippen LogP contribution in [0.2, 0.25) is 0 Å². The van der Waals surface area contributed by atoms with E-state index in [0.29, 0.717) is 13.0 Å². The van der Waals surface area contributed by atoms with E-state index in [4.69, 9.17) is 10.5 Å². The molecule has 3 nitrogen and oxygen atoms in total. The van der Waals surface area contributed by atoms with Gasteiger partial charge in [0.2, 0.25) is 0 Å². The monoisotopic (exact) mass is 223 g/mol. The molecule has 1 aromatic rings. The quantitative estimate of drug-likeness (QED) is 0.804. The molecule has 0 saturated heterocycles. The third-order valence-electron chi connectivity index (χ3n) is 2.63. The summed E-state index contributed by atoms with van der Waals surface area (Å²) < 4.78 is 5.53. The first-order chi connectivity index (χ1) is 7.54. The fourth-order valence-corrected chi connectivity index (χ4v) is 1.42. The van der Waals surface area contributed by atoms with E-state index < -0.39 is 6.10 Å². The molecule has 0 aliphatic rings. The Morgan fingerprint density at radius 1 is 1.44 bits per heavy atom. The van der Waals surface area contributed by atoms with Crippen molar-refractivity contribution in [1.82, 2.24) is 0 Å². The third kappa shape index (κ3) is 3.51. The topological polar surface area (TPSA) is 55.5 Å². The second kappa shape index (κ2) is 5.87. The molecule has 90 valence electrons. The van der Waals surface area contributed by atoms with Crippen molar-refractivity contribution in [1.29, 1.82) is 0 Å². The van der Waals surface area contributed by atoms with Gasteiger partial charge < -0.3 is 15.6 Å². The molecule has 2 atom stereocenters. The van der Waals surface area contributed by atoms with Crippen LogP contribution in [-0.4, -0.2) is 17.8 Å². The number of aliphatic hydroxyl groups is 1. The standard InChI is InChI=1S/C13H21NO2/c1-4-12(15)8-16-13-6-5-11(10(3)14)7-9(13)2/h5-7,10,12,15H,4,8,14H2,1-3H3/t10-,12?/m1/s1. The number of benzene rings is 1. The van der Waals surface area contributed by atoms with Crippen LogP contribution < -0.4 is 10.5 Å². The lowest BCUT2D eigenvalue weighted by Crippen LogP contribution is -2.16. The molecule has 3 heteroatoms. The highest BCUT2D eigenvalue weighted by Gasteiger charge is 2.06. The van der Waals surface area contributed by atoms with Crippen molar-refractivity contribution in [3.63, 3.8) is 0 Å². The zero-order chi connectivity index (χ0) is 12.1. The van der Waals surface area contributed by atoms with Gasteiger partial charge in [-0.3, -0.25) is 0 Å². The number of aryl methyl sites for hydroxylation is 1. The molecule has 0 aliphatic heterocycles. The lowest BCUT2D eigenvalue weighted by Gasteiger charge is -2.14. The SMILES string of the molecule is CCC(O)COc1ccc([C@@H](C)N)cc1C. The summed E-state index contributed by atoms with van der Waals surface area (Å²) in [6, 6.07) is 5.94. The fraction of sp³-hybridized carbons (Fsp3) is 0.538. The molecule has 0 bridgehead atoms. The number of aliphatic hydroxyl groups excluding tert-OH is 1. The highest BCUT2D eigenvalue weighted by atomic mass is 16.5. The minimum atomic E-state index is -0.396. The van der Waals surface area contributed by atoms with E-state index in [9.17, 15) is 5.11 Å². The maximum absolute atomic E-state index is 9.41. The van der Waals surface area contributed by atoms with E-state index >= 15 is 0 Å². The Balaban J connectivity index is 2.68. The van der Waals surface area contributed by atoms with Crippen LogP contribution in [-0.2, 0) is 0 Å². The van der Waals surface area contributed by atoms with Crippen LogP contribution in [0.5, 0.6) is 5.75 Å². The molecule has 0 amide bonds. The van der Waals surface area contributed by atoms with Gasteiger partial charge in [0.05, 0.1) is 6.10 Å². The molecule has 1 aromatic carbocycles. The van der Waals surface area contributed by atoms with E-state index in [1.165, 1.54) is 0 Å². The second-order valence-corrected chi connectivity index (χ2v) is 4.19. The van der Waals surface area contributed by atoms with Gasteiger partial charge in [0.1, 0.15) is 12.4 Å². The Labute approximate surface area is 97.2 Å². The summed E-state index contributed by atoms with van der Waals surface area (Å²) in [7, 11) is 0. The molecule has 0 radical (unpaired) electrons. The molecule has 0 spiro atoms. The van der Waals surface area contributed by atoms with Gasteiger partial charge in [0.25, 0.3) is 0 Å². The Hall–Kier alpha value is -1.06. The average Bonchev–Trinajstić information content (AvgIpc) is 2.26. The van der Waals surface area contributed by atoms with Crippen molar-refractivity contribution in [3.8, 4) is 5.75 Å². The van der Waals surface area contributed by atoms with Crippen LogP contribution in [0.15, 0.2) is 18.2 Å². The molecular formula is C13H21NO2. The van der Waals surface area contributed by atoms with Gasteiger partial charge in [-0.1, -0.05) is 19.1 Å². The summed E-state index contributed by atoms with van der Waals surface area (Å²) in [4.78, 5) is 0. The lowest BCUT2D eigenvalue weighted by atomic mass is 10.1. The van der Waals surface area contributed by atoms with Crippen molar-refractivity contribution < 1.29 is 9.84 Å². The molecule has 3 N–H and O–H groups in total. The Morgan fingerprint density at radius 3 is 2.62 bits per heavy atom. The largest absolute Gasteiger partial charge is 0.491 e. The molecule has 1 rings (SSSR count). The zero-order valence-electron chi connectivity index (χ0n) is 10.2. The van der Waals surface area contributed by atoms with E-state index in [1.54, 1.807) is 0 Å². The van der Waals surface area contributed by atoms with Crippen LogP contribution in [0, 0.1) is 6.92 Å². The molecular weight excluding hydrogens is 202 g/mol.